The summed E-state index contributed by atoms with van der Waals surface area (Å²) in [7, 11) is -2.50. The minimum absolute atomic E-state index is 0.0438. The molecular weight excluding hydrogens is 368 g/mol. The monoisotopic (exact) mass is 388 g/mol. The highest BCUT2D eigenvalue weighted by atomic mass is 35.5. The number of hydrogen-bond acceptors (Lipinski definition) is 4. The van der Waals surface area contributed by atoms with Gasteiger partial charge in [-0.05, 0) is 44.0 Å². The first-order chi connectivity index (χ1) is 11.6. The normalized spacial score (nSPS) is 21.4. The van der Waals surface area contributed by atoms with Crippen molar-refractivity contribution in [3.63, 3.8) is 0 Å². The Morgan fingerprint density at radius 1 is 1.32 bits per heavy atom. The van der Waals surface area contributed by atoms with Gasteiger partial charge in [0.1, 0.15) is 0 Å². The van der Waals surface area contributed by atoms with Crippen molar-refractivity contribution in [1.82, 2.24) is 9.21 Å². The molecule has 0 radical (unpaired) electrons. The molecule has 0 unspecified atom stereocenters. The van der Waals surface area contributed by atoms with Crippen LogP contribution in [-0.4, -0.2) is 60.8 Å². The Balaban J connectivity index is 2.11. The number of piperidine rings is 1. The van der Waals surface area contributed by atoms with E-state index in [1.807, 2.05) is 0 Å². The van der Waals surface area contributed by atoms with E-state index in [-0.39, 0.29) is 11.4 Å². The molecule has 7 nitrogen and oxygen atoms in total. The van der Waals surface area contributed by atoms with Crippen LogP contribution in [0.5, 0.6) is 0 Å². The van der Waals surface area contributed by atoms with E-state index in [4.69, 9.17) is 11.6 Å². The summed E-state index contributed by atoms with van der Waals surface area (Å²) in [6.45, 7) is 1.77. The lowest BCUT2D eigenvalue weighted by Gasteiger charge is -2.38. The van der Waals surface area contributed by atoms with Gasteiger partial charge in [0.25, 0.3) is 0 Å². The van der Waals surface area contributed by atoms with Crippen LogP contribution >= 0.6 is 11.6 Å². The molecule has 25 heavy (non-hydrogen) atoms. The van der Waals surface area contributed by atoms with E-state index in [1.54, 1.807) is 6.92 Å². The van der Waals surface area contributed by atoms with Gasteiger partial charge in [-0.15, -0.1) is 0 Å². The number of likely N-dealkylation sites (tertiary alicyclic amines) is 1. The summed E-state index contributed by atoms with van der Waals surface area (Å²) < 4.78 is 26.0. The van der Waals surface area contributed by atoms with Crippen LogP contribution in [0.4, 0.5) is 0 Å². The first-order valence-corrected chi connectivity index (χ1v) is 9.70. The molecule has 1 fully saturated rings. The van der Waals surface area contributed by atoms with Crippen molar-refractivity contribution in [2.75, 3.05) is 20.1 Å². The third-order valence-corrected chi connectivity index (χ3v) is 6.57. The zero-order valence-corrected chi connectivity index (χ0v) is 15.6. The molecule has 1 saturated heterocycles. The number of carbonyl (C=O) groups excluding carboxylic acids is 1. The number of sulfonamides is 1. The molecule has 1 amide bonds. The minimum Gasteiger partial charge on any atom is -0.481 e. The average Bonchev–Trinajstić information content (AvgIpc) is 2.54. The van der Waals surface area contributed by atoms with Gasteiger partial charge < -0.3 is 10.0 Å². The van der Waals surface area contributed by atoms with Gasteiger partial charge in [-0.25, -0.2) is 8.42 Å². The van der Waals surface area contributed by atoms with Crippen LogP contribution in [0, 0.1) is 5.92 Å². The van der Waals surface area contributed by atoms with Gasteiger partial charge in [0, 0.05) is 24.7 Å². The molecule has 9 heteroatoms. The predicted molar refractivity (Wildman–Crippen MR) is 92.8 cm³/mol. The number of halogens is 1. The van der Waals surface area contributed by atoms with Crippen molar-refractivity contribution in [2.24, 2.45) is 5.92 Å². The number of carboxylic acids is 1. The van der Waals surface area contributed by atoms with Crippen LogP contribution < -0.4 is 0 Å². The van der Waals surface area contributed by atoms with E-state index >= 15 is 0 Å². The third kappa shape index (κ3) is 4.31. The summed E-state index contributed by atoms with van der Waals surface area (Å²) in [6.07, 6.45) is 1.10. The van der Waals surface area contributed by atoms with Crippen molar-refractivity contribution >= 4 is 33.5 Å². The van der Waals surface area contributed by atoms with Crippen LogP contribution in [0.3, 0.4) is 0 Å². The Labute approximate surface area is 152 Å². The van der Waals surface area contributed by atoms with E-state index < -0.39 is 33.9 Å². The number of benzene rings is 1. The zero-order valence-electron chi connectivity index (χ0n) is 14.1. The summed E-state index contributed by atoms with van der Waals surface area (Å²) >= 11 is 5.77. The molecule has 0 bridgehead atoms. The number of carbonyl (C=O) groups is 2. The maximum Gasteiger partial charge on any atom is 0.308 e. The summed E-state index contributed by atoms with van der Waals surface area (Å²) in [4.78, 5) is 25.3. The van der Waals surface area contributed by atoms with E-state index in [0.717, 1.165) is 4.31 Å². The highest BCUT2D eigenvalue weighted by molar-refractivity contribution is 7.89. The number of rotatable bonds is 5. The smallest absolute Gasteiger partial charge is 0.308 e. The van der Waals surface area contributed by atoms with E-state index in [2.05, 4.69) is 0 Å². The van der Waals surface area contributed by atoms with Gasteiger partial charge in [-0.2, -0.15) is 4.31 Å². The fourth-order valence-electron chi connectivity index (χ4n) is 2.98. The topological polar surface area (TPSA) is 95.0 Å². The van der Waals surface area contributed by atoms with Gasteiger partial charge in [0.05, 0.1) is 17.4 Å². The first kappa shape index (κ1) is 19.7. The largest absolute Gasteiger partial charge is 0.481 e. The second-order valence-corrected chi connectivity index (χ2v) is 8.61. The molecule has 0 aliphatic carbocycles. The molecule has 1 aliphatic rings. The second-order valence-electron chi connectivity index (χ2n) is 6.13. The lowest BCUT2D eigenvalue weighted by molar-refractivity contribution is -0.149. The molecule has 0 saturated carbocycles. The second kappa shape index (κ2) is 7.72. The molecule has 2 atom stereocenters. The van der Waals surface area contributed by atoms with Crippen molar-refractivity contribution in [3.05, 3.63) is 29.3 Å². The van der Waals surface area contributed by atoms with Crippen LogP contribution in [0.25, 0.3) is 0 Å². The van der Waals surface area contributed by atoms with Gasteiger partial charge in [0.2, 0.25) is 15.9 Å². The molecule has 1 aliphatic heterocycles. The highest BCUT2D eigenvalue weighted by Crippen LogP contribution is 2.24. The average molecular weight is 389 g/mol. The Morgan fingerprint density at radius 3 is 2.48 bits per heavy atom. The van der Waals surface area contributed by atoms with Crippen LogP contribution in [-0.2, 0) is 19.6 Å². The maximum atomic E-state index is 12.5. The van der Waals surface area contributed by atoms with Crippen LogP contribution in [0.2, 0.25) is 5.02 Å². The standard InChI is InChI=1S/C16H21ClN2O5S/c1-11-14(16(21)22)4-3-9-19(11)15(20)10-18(2)25(23,24)13-7-5-12(17)6-8-13/h5-8,11,14H,3-4,9-10H2,1-2H3,(H,21,22)/t11-,14-/m1/s1. The highest BCUT2D eigenvalue weighted by Gasteiger charge is 2.36. The quantitative estimate of drug-likeness (QED) is 0.827. The lowest BCUT2D eigenvalue weighted by atomic mass is 9.90. The van der Waals surface area contributed by atoms with E-state index in [9.17, 15) is 23.1 Å². The first-order valence-electron chi connectivity index (χ1n) is 7.88. The van der Waals surface area contributed by atoms with Gasteiger partial charge in [-0.3, -0.25) is 9.59 Å². The molecular formula is C16H21ClN2O5S. The minimum atomic E-state index is -3.83. The third-order valence-electron chi connectivity index (χ3n) is 4.51. The lowest BCUT2D eigenvalue weighted by Crippen LogP contribution is -2.52. The fraction of sp³-hybridized carbons (Fsp3) is 0.500. The molecule has 1 N–H and O–H groups in total. The summed E-state index contributed by atoms with van der Waals surface area (Å²) in [5, 5.41) is 9.65. The fourth-order valence-corrected chi connectivity index (χ4v) is 4.22. The number of hydrogen-bond donors (Lipinski definition) is 1. The maximum absolute atomic E-state index is 12.5. The number of aliphatic carboxylic acids is 1. The number of nitrogens with zero attached hydrogens (tertiary/aromatic N) is 2. The summed E-state index contributed by atoms with van der Waals surface area (Å²) in [6, 6.07) is 5.22. The van der Waals surface area contributed by atoms with Gasteiger partial charge in [0.15, 0.2) is 0 Å². The Hall–Kier alpha value is -1.64. The van der Waals surface area contributed by atoms with E-state index in [0.29, 0.717) is 24.4 Å². The van der Waals surface area contributed by atoms with Gasteiger partial charge in [-0.1, -0.05) is 11.6 Å². The predicted octanol–water partition coefficient (Wildman–Crippen LogP) is 1.67. The molecule has 138 valence electrons. The van der Waals surface area contributed by atoms with Crippen molar-refractivity contribution in [2.45, 2.75) is 30.7 Å². The molecule has 0 spiro atoms. The number of amides is 1. The summed E-state index contributed by atoms with van der Waals surface area (Å²) in [5.74, 6) is -1.97. The van der Waals surface area contributed by atoms with Crippen molar-refractivity contribution < 1.29 is 23.1 Å². The molecule has 2 rings (SSSR count). The Morgan fingerprint density at radius 2 is 1.92 bits per heavy atom. The molecule has 1 heterocycles. The zero-order chi connectivity index (χ0) is 18.8. The van der Waals surface area contributed by atoms with Crippen LogP contribution in [0.1, 0.15) is 19.8 Å². The van der Waals surface area contributed by atoms with E-state index in [1.165, 1.54) is 36.2 Å². The summed E-state index contributed by atoms with van der Waals surface area (Å²) in [5.41, 5.74) is 0. The Kier molecular flexibility index (Phi) is 6.08. The molecule has 1 aromatic carbocycles. The number of likely N-dealkylation sites (N-methyl/N-ethyl adjacent to an activating group) is 1. The van der Waals surface area contributed by atoms with Crippen molar-refractivity contribution in [3.8, 4) is 0 Å². The SMILES string of the molecule is C[C@@H]1[C@H](C(=O)O)CCCN1C(=O)CN(C)S(=O)(=O)c1ccc(Cl)cc1. The molecule has 1 aromatic rings. The number of carboxylic acid groups (broad SMARTS) is 1. The van der Waals surface area contributed by atoms with Crippen molar-refractivity contribution in [1.29, 1.82) is 0 Å². The van der Waals surface area contributed by atoms with Gasteiger partial charge >= 0.3 is 5.97 Å². The Bertz CT molecular complexity index is 750. The molecule has 0 aromatic heterocycles. The van der Waals surface area contributed by atoms with Crippen LogP contribution in [0.15, 0.2) is 29.2 Å².